The predicted molar refractivity (Wildman–Crippen MR) is 88.6 cm³/mol. The normalized spacial score (nSPS) is 15.4. The van der Waals surface area contributed by atoms with E-state index in [1.807, 2.05) is 6.07 Å². The van der Waals surface area contributed by atoms with E-state index in [2.05, 4.69) is 5.32 Å². The molecule has 1 heterocycles. The largest absolute Gasteiger partial charge is 0.342 e. The first-order valence-corrected chi connectivity index (χ1v) is 8.06. The topological polar surface area (TPSA) is 73.2 Å². The molecule has 1 aromatic carbocycles. The molecule has 1 aliphatic heterocycles. The molecule has 1 aliphatic rings. The zero-order chi connectivity index (χ0) is 16.9. The van der Waals surface area contributed by atoms with Crippen LogP contribution in [0.3, 0.4) is 0 Å². The lowest BCUT2D eigenvalue weighted by Crippen LogP contribution is -2.47. The monoisotopic (exact) mass is 313 g/mol. The van der Waals surface area contributed by atoms with E-state index >= 15 is 0 Å². The SMILES string of the molecule is CC(C)(C(=O)Nc1cccc(C#N)c1)C(=O)N1CCCCCC1. The summed E-state index contributed by atoms with van der Waals surface area (Å²) in [5, 5.41) is 11.7. The number of amides is 2. The molecule has 0 atom stereocenters. The number of carbonyl (C=O) groups is 2. The maximum atomic E-state index is 12.7. The zero-order valence-corrected chi connectivity index (χ0v) is 13.8. The molecule has 1 N–H and O–H groups in total. The smallest absolute Gasteiger partial charge is 0.239 e. The molecule has 1 saturated heterocycles. The highest BCUT2D eigenvalue weighted by molar-refractivity contribution is 6.09. The molecule has 23 heavy (non-hydrogen) atoms. The van der Waals surface area contributed by atoms with Crippen LogP contribution < -0.4 is 5.32 Å². The fourth-order valence-electron chi connectivity index (χ4n) is 2.72. The van der Waals surface area contributed by atoms with E-state index in [1.54, 1.807) is 43.0 Å². The van der Waals surface area contributed by atoms with Gasteiger partial charge >= 0.3 is 0 Å². The molecule has 0 radical (unpaired) electrons. The van der Waals surface area contributed by atoms with Crippen molar-refractivity contribution in [3.05, 3.63) is 29.8 Å². The first-order chi connectivity index (χ1) is 10.9. The van der Waals surface area contributed by atoms with Gasteiger partial charge in [0.1, 0.15) is 5.41 Å². The number of anilines is 1. The predicted octanol–water partition coefficient (Wildman–Crippen LogP) is 2.93. The summed E-state index contributed by atoms with van der Waals surface area (Å²) in [6.07, 6.45) is 4.26. The third-order valence-corrected chi connectivity index (χ3v) is 4.25. The third kappa shape index (κ3) is 4.10. The van der Waals surface area contributed by atoms with Gasteiger partial charge in [-0.1, -0.05) is 18.9 Å². The number of nitriles is 1. The summed E-state index contributed by atoms with van der Waals surface area (Å²) in [6, 6.07) is 8.73. The van der Waals surface area contributed by atoms with Gasteiger partial charge in [0.2, 0.25) is 11.8 Å². The summed E-state index contributed by atoms with van der Waals surface area (Å²) in [4.78, 5) is 27.1. The standard InChI is InChI=1S/C18H23N3O2/c1-18(2,17(23)21-10-5-3-4-6-11-21)16(22)20-15-9-7-8-14(12-15)13-19/h7-9,12H,3-6,10-11H2,1-2H3,(H,20,22). The lowest BCUT2D eigenvalue weighted by molar-refractivity contribution is -0.146. The highest BCUT2D eigenvalue weighted by Gasteiger charge is 2.39. The van der Waals surface area contributed by atoms with Crippen LogP contribution in [-0.4, -0.2) is 29.8 Å². The molecule has 122 valence electrons. The zero-order valence-electron chi connectivity index (χ0n) is 13.8. The Bertz CT molecular complexity index is 623. The lowest BCUT2D eigenvalue weighted by atomic mass is 9.90. The summed E-state index contributed by atoms with van der Waals surface area (Å²) in [5.74, 6) is -0.477. The van der Waals surface area contributed by atoms with Gasteiger partial charge in [-0.2, -0.15) is 5.26 Å². The maximum Gasteiger partial charge on any atom is 0.239 e. The van der Waals surface area contributed by atoms with Gasteiger partial charge in [-0.3, -0.25) is 9.59 Å². The number of nitrogens with one attached hydrogen (secondary N) is 1. The van der Waals surface area contributed by atoms with Gasteiger partial charge in [-0.05, 0) is 44.9 Å². The second kappa shape index (κ2) is 7.28. The van der Waals surface area contributed by atoms with E-state index in [0.29, 0.717) is 11.3 Å². The van der Waals surface area contributed by atoms with Crippen LogP contribution in [0.25, 0.3) is 0 Å². The van der Waals surface area contributed by atoms with Gasteiger partial charge in [0.05, 0.1) is 11.6 Å². The molecule has 0 spiro atoms. The van der Waals surface area contributed by atoms with Crippen molar-refractivity contribution in [2.75, 3.05) is 18.4 Å². The van der Waals surface area contributed by atoms with E-state index in [0.717, 1.165) is 38.8 Å². The number of carbonyl (C=O) groups excluding carboxylic acids is 2. The highest BCUT2D eigenvalue weighted by Crippen LogP contribution is 2.24. The first-order valence-electron chi connectivity index (χ1n) is 8.06. The number of likely N-dealkylation sites (tertiary alicyclic amines) is 1. The van der Waals surface area contributed by atoms with Crippen molar-refractivity contribution in [3.63, 3.8) is 0 Å². The molecule has 0 aliphatic carbocycles. The van der Waals surface area contributed by atoms with E-state index in [9.17, 15) is 9.59 Å². The van der Waals surface area contributed by atoms with Crippen molar-refractivity contribution in [2.45, 2.75) is 39.5 Å². The van der Waals surface area contributed by atoms with Crippen molar-refractivity contribution in [1.82, 2.24) is 4.90 Å². The Morgan fingerprint density at radius 1 is 1.17 bits per heavy atom. The average molecular weight is 313 g/mol. The number of rotatable bonds is 3. The Morgan fingerprint density at radius 3 is 2.43 bits per heavy atom. The van der Waals surface area contributed by atoms with Crippen LogP contribution in [-0.2, 0) is 9.59 Å². The van der Waals surface area contributed by atoms with Gasteiger partial charge in [0.25, 0.3) is 0 Å². The van der Waals surface area contributed by atoms with Gasteiger partial charge in [0, 0.05) is 18.8 Å². The number of benzene rings is 1. The van der Waals surface area contributed by atoms with E-state index in [-0.39, 0.29) is 11.8 Å². The van der Waals surface area contributed by atoms with E-state index in [1.165, 1.54) is 0 Å². The van der Waals surface area contributed by atoms with Crippen molar-refractivity contribution in [1.29, 1.82) is 5.26 Å². The fraction of sp³-hybridized carbons (Fsp3) is 0.500. The molecule has 0 unspecified atom stereocenters. The molecule has 0 saturated carbocycles. The van der Waals surface area contributed by atoms with Gasteiger partial charge < -0.3 is 10.2 Å². The summed E-state index contributed by atoms with van der Waals surface area (Å²) in [5.41, 5.74) is -0.127. The second-order valence-corrected chi connectivity index (χ2v) is 6.48. The van der Waals surface area contributed by atoms with Crippen molar-refractivity contribution in [2.24, 2.45) is 5.41 Å². The minimum atomic E-state index is -1.13. The van der Waals surface area contributed by atoms with Crippen LogP contribution >= 0.6 is 0 Å². The Morgan fingerprint density at radius 2 is 1.83 bits per heavy atom. The van der Waals surface area contributed by atoms with Crippen LogP contribution in [0.15, 0.2) is 24.3 Å². The molecule has 5 heteroatoms. The quantitative estimate of drug-likeness (QED) is 0.872. The van der Waals surface area contributed by atoms with Crippen LogP contribution in [0.4, 0.5) is 5.69 Å². The molecular formula is C18H23N3O2. The van der Waals surface area contributed by atoms with Gasteiger partial charge in [-0.15, -0.1) is 0 Å². The van der Waals surface area contributed by atoms with Crippen molar-refractivity contribution < 1.29 is 9.59 Å². The molecule has 0 bridgehead atoms. The lowest BCUT2D eigenvalue weighted by Gasteiger charge is -2.30. The Balaban J connectivity index is 2.09. The first kappa shape index (κ1) is 17.0. The summed E-state index contributed by atoms with van der Waals surface area (Å²) < 4.78 is 0. The molecule has 5 nitrogen and oxygen atoms in total. The Labute approximate surface area is 137 Å². The molecular weight excluding hydrogens is 290 g/mol. The Kier molecular flexibility index (Phi) is 5.38. The maximum absolute atomic E-state index is 12.7. The third-order valence-electron chi connectivity index (χ3n) is 4.25. The minimum Gasteiger partial charge on any atom is -0.342 e. The van der Waals surface area contributed by atoms with Gasteiger partial charge in [0.15, 0.2) is 0 Å². The van der Waals surface area contributed by atoms with Crippen LogP contribution in [0.1, 0.15) is 45.1 Å². The molecule has 0 aromatic heterocycles. The van der Waals surface area contributed by atoms with Gasteiger partial charge in [-0.25, -0.2) is 0 Å². The molecule has 2 amide bonds. The van der Waals surface area contributed by atoms with Crippen LogP contribution in [0.5, 0.6) is 0 Å². The van der Waals surface area contributed by atoms with E-state index in [4.69, 9.17) is 5.26 Å². The fourth-order valence-corrected chi connectivity index (χ4v) is 2.72. The van der Waals surface area contributed by atoms with Crippen LogP contribution in [0, 0.1) is 16.7 Å². The van der Waals surface area contributed by atoms with E-state index < -0.39 is 5.41 Å². The molecule has 2 rings (SSSR count). The summed E-state index contributed by atoms with van der Waals surface area (Å²) in [6.45, 7) is 4.76. The molecule has 1 aromatic rings. The average Bonchev–Trinajstić information content (AvgIpc) is 2.83. The van der Waals surface area contributed by atoms with Crippen molar-refractivity contribution in [3.8, 4) is 6.07 Å². The molecule has 1 fully saturated rings. The number of nitrogens with zero attached hydrogens (tertiary/aromatic N) is 2. The van der Waals surface area contributed by atoms with Crippen LogP contribution in [0.2, 0.25) is 0 Å². The second-order valence-electron chi connectivity index (χ2n) is 6.48. The highest BCUT2D eigenvalue weighted by atomic mass is 16.2. The summed E-state index contributed by atoms with van der Waals surface area (Å²) in [7, 11) is 0. The van der Waals surface area contributed by atoms with Crippen molar-refractivity contribution >= 4 is 17.5 Å². The number of hydrogen-bond acceptors (Lipinski definition) is 3. The minimum absolute atomic E-state index is 0.131. The summed E-state index contributed by atoms with van der Waals surface area (Å²) >= 11 is 0. The Hall–Kier alpha value is -2.35. The number of hydrogen-bond donors (Lipinski definition) is 1.